The average Bonchev–Trinajstić information content (AvgIpc) is 3.52. The Kier molecular flexibility index (Phi) is 8.43. The summed E-state index contributed by atoms with van der Waals surface area (Å²) in [5.41, 5.74) is 0.777. The van der Waals surface area contributed by atoms with E-state index in [1.54, 1.807) is 32.4 Å². The van der Waals surface area contributed by atoms with Crippen LogP contribution in [0.15, 0.2) is 89.8 Å². The molecule has 43 heavy (non-hydrogen) atoms. The molecule has 1 aliphatic heterocycles. The van der Waals surface area contributed by atoms with Crippen molar-refractivity contribution >= 4 is 32.7 Å². The lowest BCUT2D eigenvalue weighted by Gasteiger charge is -2.30. The molecule has 10 heteroatoms. The maximum Gasteiger partial charge on any atom is 0.329 e. The van der Waals surface area contributed by atoms with E-state index in [4.69, 9.17) is 9.47 Å². The fraction of sp³-hybridized carbons (Fsp3) is 0.273. The van der Waals surface area contributed by atoms with Gasteiger partial charge in [0.1, 0.15) is 23.1 Å². The van der Waals surface area contributed by atoms with Crippen molar-refractivity contribution in [3.05, 3.63) is 90.5 Å². The lowest BCUT2D eigenvalue weighted by atomic mass is 9.90. The monoisotopic (exact) mass is 602 g/mol. The zero-order valence-electron chi connectivity index (χ0n) is 24.2. The summed E-state index contributed by atoms with van der Waals surface area (Å²) in [7, 11) is -0.700. The fourth-order valence-electron chi connectivity index (χ4n) is 5.65. The van der Waals surface area contributed by atoms with E-state index in [1.165, 1.54) is 23.4 Å². The summed E-state index contributed by atoms with van der Waals surface area (Å²) in [6.45, 7) is 1.63. The molecule has 0 bridgehead atoms. The number of hydrogen-bond acceptors (Lipinski definition) is 6. The molecule has 1 unspecified atom stereocenters. The van der Waals surface area contributed by atoms with E-state index < -0.39 is 33.5 Å². The van der Waals surface area contributed by atoms with Crippen LogP contribution >= 0.6 is 0 Å². The van der Waals surface area contributed by atoms with Crippen LogP contribution in [0.1, 0.15) is 25.3 Å². The lowest BCUT2D eigenvalue weighted by molar-refractivity contribution is -0.147. The van der Waals surface area contributed by atoms with E-state index in [1.807, 2.05) is 54.6 Å². The number of methoxy groups -OCH3 is 2. The highest BCUT2D eigenvalue weighted by atomic mass is 32.2. The van der Waals surface area contributed by atoms with Crippen LogP contribution in [0.25, 0.3) is 21.9 Å². The maximum atomic E-state index is 13.4. The Hall–Kier alpha value is -4.41. The highest BCUT2D eigenvalue weighted by molar-refractivity contribution is 7.89. The summed E-state index contributed by atoms with van der Waals surface area (Å²) in [6.07, 6.45) is 0.814. The number of nitrogens with one attached hydrogen (secondary N) is 1. The third-order valence-corrected chi connectivity index (χ3v) is 9.83. The number of sulfonamides is 1. The van der Waals surface area contributed by atoms with Gasteiger partial charge in [0.15, 0.2) is 0 Å². The molecule has 224 valence electrons. The quantitative estimate of drug-likeness (QED) is 0.265. The second kappa shape index (κ2) is 12.1. The first-order valence-electron chi connectivity index (χ1n) is 13.9. The van der Waals surface area contributed by atoms with Gasteiger partial charge < -0.3 is 19.9 Å². The Balaban J connectivity index is 1.38. The molecule has 1 amide bonds. The van der Waals surface area contributed by atoms with Crippen LogP contribution in [-0.4, -0.2) is 62.1 Å². The fourth-order valence-corrected chi connectivity index (χ4v) is 7.33. The van der Waals surface area contributed by atoms with E-state index in [0.29, 0.717) is 29.9 Å². The third-order valence-electron chi connectivity index (χ3n) is 7.91. The number of carbonyl (C=O) groups excluding carboxylic acids is 1. The Morgan fingerprint density at radius 3 is 2.23 bits per heavy atom. The van der Waals surface area contributed by atoms with Crippen molar-refractivity contribution in [2.75, 3.05) is 20.8 Å². The normalized spacial score (nSPS) is 16.9. The van der Waals surface area contributed by atoms with Crippen molar-refractivity contribution in [3.63, 3.8) is 0 Å². The van der Waals surface area contributed by atoms with Gasteiger partial charge in [0.25, 0.3) is 0 Å². The minimum atomic E-state index is -3.92. The first kappa shape index (κ1) is 30.1. The second-order valence-electron chi connectivity index (χ2n) is 10.8. The van der Waals surface area contributed by atoms with E-state index in [2.05, 4.69) is 5.32 Å². The largest absolute Gasteiger partial charge is 0.496 e. The molecule has 0 radical (unpaired) electrons. The van der Waals surface area contributed by atoms with Gasteiger partial charge in [0.05, 0.1) is 24.7 Å². The molecule has 1 aliphatic rings. The molecule has 4 aromatic carbocycles. The summed E-state index contributed by atoms with van der Waals surface area (Å²) in [5.74, 6) is -0.477. The van der Waals surface area contributed by atoms with Crippen LogP contribution in [0.4, 0.5) is 0 Å². The molecule has 0 aliphatic carbocycles. The maximum absolute atomic E-state index is 13.4. The van der Waals surface area contributed by atoms with Gasteiger partial charge in [-0.1, -0.05) is 54.6 Å². The number of fused-ring (bicyclic) bond motifs is 1. The van der Waals surface area contributed by atoms with Crippen molar-refractivity contribution in [2.24, 2.45) is 0 Å². The number of hydrogen-bond donors (Lipinski definition) is 2. The van der Waals surface area contributed by atoms with Crippen molar-refractivity contribution in [2.45, 2.75) is 42.7 Å². The predicted octanol–water partition coefficient (Wildman–Crippen LogP) is 4.88. The third kappa shape index (κ3) is 5.93. The van der Waals surface area contributed by atoms with Crippen molar-refractivity contribution in [1.82, 2.24) is 9.62 Å². The standard InChI is InChI=1S/C33H34N2O7S/c1-33(32(37)38,34-31(36)27-11-8-18-35(27)43(39,40)26-9-5-4-6-10-26)21-22-14-15-24-20-25(17-16-23(24)19-22)30-28(41-2)12-7-13-29(30)42-3/h4-7,9-10,12-17,19-20,27H,8,11,18,21H2,1-3H3,(H,34,36)(H,37,38)/t27-,33?/m0/s1. The highest BCUT2D eigenvalue weighted by Crippen LogP contribution is 2.39. The number of carbonyl (C=O) groups is 2. The van der Waals surface area contributed by atoms with Gasteiger partial charge in [-0.2, -0.15) is 4.31 Å². The molecule has 9 nitrogen and oxygen atoms in total. The summed E-state index contributed by atoms with van der Waals surface area (Å²) in [6, 6.07) is 24.1. The summed E-state index contributed by atoms with van der Waals surface area (Å²) in [5, 5.41) is 14.7. The first-order valence-corrected chi connectivity index (χ1v) is 15.4. The molecular weight excluding hydrogens is 568 g/mol. The summed E-state index contributed by atoms with van der Waals surface area (Å²) >= 11 is 0. The number of nitrogens with zero attached hydrogens (tertiary/aromatic N) is 1. The molecule has 4 aromatic rings. The van der Waals surface area contributed by atoms with E-state index in [9.17, 15) is 23.1 Å². The van der Waals surface area contributed by atoms with Crippen LogP contribution in [0.2, 0.25) is 0 Å². The van der Waals surface area contributed by atoms with E-state index in [-0.39, 0.29) is 17.9 Å². The molecule has 1 heterocycles. The van der Waals surface area contributed by atoms with Gasteiger partial charge in [-0.25, -0.2) is 13.2 Å². The molecule has 1 saturated heterocycles. The average molecular weight is 603 g/mol. The van der Waals surface area contributed by atoms with Gasteiger partial charge >= 0.3 is 5.97 Å². The summed E-state index contributed by atoms with van der Waals surface area (Å²) in [4.78, 5) is 26.0. The Labute approximate surface area is 251 Å². The molecule has 5 rings (SSSR count). The molecule has 0 saturated carbocycles. The van der Waals surface area contributed by atoms with Crippen LogP contribution in [-0.2, 0) is 26.0 Å². The zero-order valence-corrected chi connectivity index (χ0v) is 25.1. The van der Waals surface area contributed by atoms with Gasteiger partial charge in [0, 0.05) is 13.0 Å². The first-order chi connectivity index (χ1) is 20.6. The number of aliphatic carboxylic acids is 1. The minimum absolute atomic E-state index is 0.00422. The Bertz CT molecular complexity index is 1750. The lowest BCUT2D eigenvalue weighted by Crippen LogP contribution is -2.58. The summed E-state index contributed by atoms with van der Waals surface area (Å²) < 4.78 is 38.8. The zero-order chi connectivity index (χ0) is 30.8. The second-order valence-corrected chi connectivity index (χ2v) is 12.7. The van der Waals surface area contributed by atoms with Crippen LogP contribution in [0, 0.1) is 0 Å². The van der Waals surface area contributed by atoms with Crippen LogP contribution in [0.5, 0.6) is 11.5 Å². The number of benzene rings is 4. The van der Waals surface area contributed by atoms with Crippen molar-refractivity contribution < 1.29 is 32.6 Å². The van der Waals surface area contributed by atoms with E-state index >= 15 is 0 Å². The smallest absolute Gasteiger partial charge is 0.329 e. The van der Waals surface area contributed by atoms with Crippen molar-refractivity contribution in [1.29, 1.82) is 0 Å². The van der Waals surface area contributed by atoms with Gasteiger partial charge in [-0.3, -0.25) is 4.79 Å². The number of amides is 1. The molecule has 2 atom stereocenters. The number of ether oxygens (including phenoxy) is 2. The molecule has 0 spiro atoms. The van der Waals surface area contributed by atoms with Gasteiger partial charge in [-0.05, 0) is 72.0 Å². The Morgan fingerprint density at radius 2 is 1.58 bits per heavy atom. The number of carboxylic acids is 1. The number of rotatable bonds is 10. The van der Waals surface area contributed by atoms with Gasteiger partial charge in [0.2, 0.25) is 15.9 Å². The topological polar surface area (TPSA) is 122 Å². The highest BCUT2D eigenvalue weighted by Gasteiger charge is 2.43. The van der Waals surface area contributed by atoms with Gasteiger partial charge in [-0.15, -0.1) is 0 Å². The van der Waals surface area contributed by atoms with E-state index in [0.717, 1.165) is 21.9 Å². The molecule has 1 fully saturated rings. The van der Waals surface area contributed by atoms with Crippen LogP contribution in [0.3, 0.4) is 0 Å². The Morgan fingerprint density at radius 1 is 0.930 bits per heavy atom. The minimum Gasteiger partial charge on any atom is -0.496 e. The number of carboxylic acid groups (broad SMARTS) is 1. The van der Waals surface area contributed by atoms with Crippen LogP contribution < -0.4 is 14.8 Å². The predicted molar refractivity (Wildman–Crippen MR) is 164 cm³/mol. The molecule has 2 N–H and O–H groups in total. The molecular formula is C33H34N2O7S. The SMILES string of the molecule is COc1cccc(OC)c1-c1ccc2cc(CC(C)(NC(=O)[C@@H]3CCCN3S(=O)(=O)c3ccccc3)C(=O)O)ccc2c1. The molecule has 0 aromatic heterocycles. The van der Waals surface area contributed by atoms with Crippen molar-refractivity contribution in [3.8, 4) is 22.6 Å².